The summed E-state index contributed by atoms with van der Waals surface area (Å²) in [5.74, 6) is 0. The summed E-state index contributed by atoms with van der Waals surface area (Å²) in [5, 5.41) is 10.8. The smallest absolute Gasteiger partial charge is 0.282 e. The van der Waals surface area contributed by atoms with Gasteiger partial charge in [0.15, 0.2) is 0 Å². The van der Waals surface area contributed by atoms with Crippen molar-refractivity contribution >= 4 is 21.6 Å². The molecule has 0 spiro atoms. The van der Waals surface area contributed by atoms with Crippen molar-refractivity contribution in [2.75, 3.05) is 44.2 Å². The van der Waals surface area contributed by atoms with E-state index in [9.17, 15) is 18.5 Å². The third kappa shape index (κ3) is 5.63. The monoisotopic (exact) mass is 398 g/mol. The number of nitro groups is 1. The van der Waals surface area contributed by atoms with E-state index in [1.54, 1.807) is 20.7 Å². The average molecular weight is 399 g/mol. The summed E-state index contributed by atoms with van der Waals surface area (Å²) in [6.45, 7) is 7.27. The van der Waals surface area contributed by atoms with Crippen molar-refractivity contribution in [3.8, 4) is 0 Å². The molecule has 152 valence electrons. The van der Waals surface area contributed by atoms with Crippen LogP contribution < -0.4 is 4.90 Å². The first-order valence-corrected chi connectivity index (χ1v) is 11.0. The number of nitro benzene ring substituents is 1. The van der Waals surface area contributed by atoms with Gasteiger partial charge in [0.1, 0.15) is 0 Å². The first-order chi connectivity index (χ1) is 12.9. The number of unbranched alkanes of at least 4 members (excludes halogenated alkanes) is 2. The molecule has 1 aliphatic heterocycles. The van der Waals surface area contributed by atoms with Crippen LogP contribution in [0.3, 0.4) is 0 Å². The molecular formula is C18H30N4O4S. The molecule has 1 aromatic carbocycles. The first kappa shape index (κ1) is 21.6. The van der Waals surface area contributed by atoms with E-state index in [0.717, 1.165) is 31.4 Å². The topological polar surface area (TPSA) is 87.0 Å². The largest absolute Gasteiger partial charge is 0.369 e. The molecule has 0 aliphatic carbocycles. The lowest BCUT2D eigenvalue weighted by Gasteiger charge is -2.37. The van der Waals surface area contributed by atoms with Crippen LogP contribution in [0, 0.1) is 10.1 Å². The van der Waals surface area contributed by atoms with Crippen LogP contribution in [0.15, 0.2) is 24.3 Å². The van der Waals surface area contributed by atoms with Gasteiger partial charge in [0.2, 0.25) is 0 Å². The molecule has 0 aromatic heterocycles. The predicted octanol–water partition coefficient (Wildman–Crippen LogP) is 2.86. The Morgan fingerprint density at radius 3 is 1.96 bits per heavy atom. The van der Waals surface area contributed by atoms with Crippen molar-refractivity contribution in [1.29, 1.82) is 0 Å². The number of rotatable bonds is 10. The van der Waals surface area contributed by atoms with Crippen LogP contribution in [0.5, 0.6) is 0 Å². The van der Waals surface area contributed by atoms with Gasteiger partial charge >= 0.3 is 0 Å². The zero-order valence-electron chi connectivity index (χ0n) is 16.2. The highest BCUT2D eigenvalue weighted by Crippen LogP contribution is 2.22. The van der Waals surface area contributed by atoms with E-state index in [1.165, 1.54) is 12.1 Å². The van der Waals surface area contributed by atoms with Crippen molar-refractivity contribution in [2.24, 2.45) is 0 Å². The fraction of sp³-hybridized carbons (Fsp3) is 0.667. The predicted molar refractivity (Wildman–Crippen MR) is 107 cm³/mol. The Kier molecular flexibility index (Phi) is 8.00. The van der Waals surface area contributed by atoms with Crippen molar-refractivity contribution in [3.63, 3.8) is 0 Å². The molecule has 1 aromatic rings. The summed E-state index contributed by atoms with van der Waals surface area (Å²) < 4.78 is 29.2. The van der Waals surface area contributed by atoms with E-state index in [-0.39, 0.29) is 5.69 Å². The van der Waals surface area contributed by atoms with Gasteiger partial charge in [0.05, 0.1) is 4.92 Å². The molecule has 1 fully saturated rings. The molecule has 0 atom stereocenters. The summed E-state index contributed by atoms with van der Waals surface area (Å²) in [6.07, 6.45) is 3.66. The Morgan fingerprint density at radius 2 is 1.52 bits per heavy atom. The van der Waals surface area contributed by atoms with Crippen LogP contribution in [0.4, 0.5) is 11.4 Å². The summed E-state index contributed by atoms with van der Waals surface area (Å²) in [4.78, 5) is 12.4. The van der Waals surface area contributed by atoms with Crippen molar-refractivity contribution in [2.45, 2.75) is 39.5 Å². The molecule has 1 heterocycles. The van der Waals surface area contributed by atoms with Gasteiger partial charge in [-0.3, -0.25) is 10.1 Å². The van der Waals surface area contributed by atoms with E-state index in [4.69, 9.17) is 0 Å². The molecule has 8 nitrogen and oxygen atoms in total. The Labute approximate surface area is 162 Å². The quantitative estimate of drug-likeness (QED) is 0.447. The maximum absolute atomic E-state index is 13.0. The van der Waals surface area contributed by atoms with Gasteiger partial charge in [-0.15, -0.1) is 0 Å². The lowest BCUT2D eigenvalue weighted by Crippen LogP contribution is -2.53. The van der Waals surface area contributed by atoms with E-state index in [1.807, 2.05) is 0 Å². The van der Waals surface area contributed by atoms with E-state index >= 15 is 0 Å². The Hall–Kier alpha value is -1.71. The third-order valence-electron chi connectivity index (χ3n) is 4.84. The normalized spacial score (nSPS) is 16.0. The van der Waals surface area contributed by atoms with Gasteiger partial charge in [0, 0.05) is 57.1 Å². The Morgan fingerprint density at radius 1 is 1.00 bits per heavy atom. The maximum Gasteiger partial charge on any atom is 0.282 e. The second-order valence-corrected chi connectivity index (χ2v) is 8.70. The minimum atomic E-state index is -3.44. The third-order valence-corrected chi connectivity index (χ3v) is 6.87. The molecule has 0 unspecified atom stereocenters. The Bertz CT molecular complexity index is 693. The van der Waals surface area contributed by atoms with Crippen LogP contribution in [-0.2, 0) is 10.2 Å². The van der Waals surface area contributed by atoms with Gasteiger partial charge in [-0.25, -0.2) is 0 Å². The lowest BCUT2D eigenvalue weighted by molar-refractivity contribution is -0.384. The SMILES string of the molecule is CCCCN(CCCC)S(=O)(=O)N1CCN(c2ccc([N+](=O)[O-])cc2)CC1. The zero-order chi connectivity index (χ0) is 19.9. The molecule has 0 saturated carbocycles. The first-order valence-electron chi connectivity index (χ1n) is 9.64. The Balaban J connectivity index is 2.00. The van der Waals surface area contributed by atoms with Crippen molar-refractivity contribution < 1.29 is 13.3 Å². The van der Waals surface area contributed by atoms with Crippen LogP contribution >= 0.6 is 0 Å². The molecule has 1 aliphatic rings. The van der Waals surface area contributed by atoms with E-state index in [0.29, 0.717) is 39.3 Å². The molecule has 0 N–H and O–H groups in total. The van der Waals surface area contributed by atoms with Gasteiger partial charge in [0.25, 0.3) is 15.9 Å². The lowest BCUT2D eigenvalue weighted by atomic mass is 10.2. The minimum Gasteiger partial charge on any atom is -0.369 e. The number of nitrogens with zero attached hydrogens (tertiary/aromatic N) is 4. The molecule has 2 rings (SSSR count). The summed E-state index contributed by atoms with van der Waals surface area (Å²) in [5.41, 5.74) is 0.939. The summed E-state index contributed by atoms with van der Waals surface area (Å²) >= 11 is 0. The second kappa shape index (κ2) is 10.0. The van der Waals surface area contributed by atoms with E-state index in [2.05, 4.69) is 18.7 Å². The number of non-ortho nitro benzene ring substituents is 1. The molecular weight excluding hydrogens is 368 g/mol. The fourth-order valence-electron chi connectivity index (χ4n) is 3.14. The second-order valence-electron chi connectivity index (χ2n) is 6.77. The number of benzene rings is 1. The average Bonchev–Trinajstić information content (AvgIpc) is 2.68. The van der Waals surface area contributed by atoms with Crippen LogP contribution in [-0.4, -0.2) is 61.2 Å². The maximum atomic E-state index is 13.0. The van der Waals surface area contributed by atoms with Crippen LogP contribution in [0.25, 0.3) is 0 Å². The molecule has 0 bridgehead atoms. The van der Waals surface area contributed by atoms with E-state index < -0.39 is 15.1 Å². The van der Waals surface area contributed by atoms with Crippen LogP contribution in [0.2, 0.25) is 0 Å². The number of hydrogen-bond donors (Lipinski definition) is 0. The molecule has 9 heteroatoms. The number of hydrogen-bond acceptors (Lipinski definition) is 5. The zero-order valence-corrected chi connectivity index (χ0v) is 17.0. The molecule has 0 amide bonds. The fourth-order valence-corrected chi connectivity index (χ4v) is 4.81. The standard InChI is InChI=1S/C18H30N4O4S/c1-3-5-11-20(12-6-4-2)27(25,26)21-15-13-19(14-16-21)17-7-9-18(10-8-17)22(23)24/h7-10H,3-6,11-16H2,1-2H3. The highest BCUT2D eigenvalue weighted by molar-refractivity contribution is 7.86. The van der Waals surface area contributed by atoms with Gasteiger partial charge in [-0.1, -0.05) is 26.7 Å². The molecule has 27 heavy (non-hydrogen) atoms. The highest BCUT2D eigenvalue weighted by atomic mass is 32.2. The number of piperazine rings is 1. The summed E-state index contributed by atoms with van der Waals surface area (Å²) in [7, 11) is -3.44. The summed E-state index contributed by atoms with van der Waals surface area (Å²) in [6, 6.07) is 6.40. The van der Waals surface area contributed by atoms with Crippen LogP contribution in [0.1, 0.15) is 39.5 Å². The van der Waals surface area contributed by atoms with Crippen molar-refractivity contribution in [1.82, 2.24) is 8.61 Å². The minimum absolute atomic E-state index is 0.0578. The number of anilines is 1. The van der Waals surface area contributed by atoms with Gasteiger partial charge in [-0.05, 0) is 25.0 Å². The highest BCUT2D eigenvalue weighted by Gasteiger charge is 2.31. The van der Waals surface area contributed by atoms with Gasteiger partial charge < -0.3 is 4.90 Å². The van der Waals surface area contributed by atoms with Crippen molar-refractivity contribution in [3.05, 3.63) is 34.4 Å². The van der Waals surface area contributed by atoms with Gasteiger partial charge in [-0.2, -0.15) is 17.0 Å². The molecule has 1 saturated heterocycles. The molecule has 0 radical (unpaired) electrons.